The molecule has 2 aliphatic rings. The Bertz CT molecular complexity index is 752. The highest BCUT2D eigenvalue weighted by molar-refractivity contribution is 6.73. The van der Waals surface area contributed by atoms with Crippen LogP contribution in [0, 0.1) is 11.8 Å². The van der Waals surface area contributed by atoms with Crippen molar-refractivity contribution in [2.45, 2.75) is 161 Å². The summed E-state index contributed by atoms with van der Waals surface area (Å²) in [5.41, 5.74) is -0.165. The monoisotopic (exact) mass is 580 g/mol. The Labute approximate surface area is 246 Å². The zero-order valence-electron chi connectivity index (χ0n) is 26.6. The molecule has 0 N–H and O–H groups in total. The molecule has 0 aromatic heterocycles. The number of carbonyl (C=O) groups is 2. The SMILES string of the molecule is CCCC[C@@](C)(CC=C[C@H]1[C@H](CCCCCCC(=O)OC)C(=O)C[C@H]1OC1CCCCO1)O[Si](CC)(CC)CC. The number of hydrogen-bond donors (Lipinski definition) is 0. The van der Waals surface area contributed by atoms with E-state index in [1.807, 2.05) is 0 Å². The first-order valence-electron chi connectivity index (χ1n) is 16.5. The number of Topliss-reactive ketones (excluding diaryl/α,β-unsaturated/α-hetero) is 1. The third kappa shape index (κ3) is 11.3. The third-order valence-electron chi connectivity index (χ3n) is 9.41. The Morgan fingerprint density at radius 3 is 2.40 bits per heavy atom. The van der Waals surface area contributed by atoms with E-state index >= 15 is 0 Å². The van der Waals surface area contributed by atoms with Gasteiger partial charge >= 0.3 is 5.97 Å². The number of ether oxygens (including phenoxy) is 3. The van der Waals surface area contributed by atoms with Crippen LogP contribution in [-0.2, 0) is 28.2 Å². The Balaban J connectivity index is 2.11. The number of carbonyl (C=O) groups excluding carboxylic acids is 2. The number of methoxy groups -OCH3 is 1. The van der Waals surface area contributed by atoms with E-state index in [9.17, 15) is 9.59 Å². The fourth-order valence-electron chi connectivity index (χ4n) is 6.52. The first-order valence-corrected chi connectivity index (χ1v) is 19.0. The van der Waals surface area contributed by atoms with Crippen molar-refractivity contribution in [3.05, 3.63) is 12.2 Å². The second-order valence-electron chi connectivity index (χ2n) is 12.4. The predicted octanol–water partition coefficient (Wildman–Crippen LogP) is 8.53. The van der Waals surface area contributed by atoms with Crippen LogP contribution in [-0.4, -0.2) is 51.8 Å². The molecule has 1 unspecified atom stereocenters. The number of ketones is 1. The summed E-state index contributed by atoms with van der Waals surface area (Å²) in [6.07, 6.45) is 17.3. The van der Waals surface area contributed by atoms with Gasteiger partial charge < -0.3 is 18.6 Å². The van der Waals surface area contributed by atoms with Gasteiger partial charge in [0.05, 0.1) is 18.8 Å². The molecule has 1 aliphatic heterocycles. The molecule has 40 heavy (non-hydrogen) atoms. The molecule has 0 bridgehead atoms. The van der Waals surface area contributed by atoms with Gasteiger partial charge in [-0.1, -0.05) is 72.0 Å². The highest BCUT2D eigenvalue weighted by atomic mass is 28.4. The zero-order valence-corrected chi connectivity index (χ0v) is 27.6. The van der Waals surface area contributed by atoms with Gasteiger partial charge in [-0.25, -0.2) is 0 Å². The van der Waals surface area contributed by atoms with Gasteiger partial charge in [0.15, 0.2) is 14.6 Å². The van der Waals surface area contributed by atoms with E-state index in [0.717, 1.165) is 102 Å². The number of rotatable bonds is 20. The number of esters is 1. The van der Waals surface area contributed by atoms with Crippen molar-refractivity contribution in [1.29, 1.82) is 0 Å². The molecule has 0 aromatic carbocycles. The van der Waals surface area contributed by atoms with E-state index in [2.05, 4.69) is 46.8 Å². The molecule has 1 saturated carbocycles. The quantitative estimate of drug-likeness (QED) is 0.0622. The first-order chi connectivity index (χ1) is 19.2. The Morgan fingerprint density at radius 2 is 1.77 bits per heavy atom. The van der Waals surface area contributed by atoms with E-state index in [4.69, 9.17) is 18.6 Å². The number of unbranched alkanes of at least 4 members (excludes halogenated alkanes) is 4. The molecule has 1 saturated heterocycles. The molecule has 6 nitrogen and oxygen atoms in total. The van der Waals surface area contributed by atoms with Crippen molar-refractivity contribution in [3.8, 4) is 0 Å². The van der Waals surface area contributed by atoms with Crippen LogP contribution in [0.5, 0.6) is 0 Å². The Hall–Kier alpha value is -1.02. The average molecular weight is 581 g/mol. The number of hydrogen-bond acceptors (Lipinski definition) is 6. The molecule has 7 heteroatoms. The van der Waals surface area contributed by atoms with E-state index in [0.29, 0.717) is 18.6 Å². The van der Waals surface area contributed by atoms with Crippen LogP contribution in [0.15, 0.2) is 12.2 Å². The summed E-state index contributed by atoms with van der Waals surface area (Å²) in [5.74, 6) is 0.245. The highest BCUT2D eigenvalue weighted by Crippen LogP contribution is 2.39. The fraction of sp³-hybridized carbons (Fsp3) is 0.879. The van der Waals surface area contributed by atoms with E-state index < -0.39 is 8.32 Å². The van der Waals surface area contributed by atoms with Crippen molar-refractivity contribution in [2.24, 2.45) is 11.8 Å². The summed E-state index contributed by atoms with van der Waals surface area (Å²) in [7, 11) is -0.311. The molecule has 5 atom stereocenters. The molecule has 0 aromatic rings. The van der Waals surface area contributed by atoms with Crippen LogP contribution in [0.25, 0.3) is 0 Å². The summed E-state index contributed by atoms with van der Waals surface area (Å²) in [4.78, 5) is 24.6. The van der Waals surface area contributed by atoms with Gasteiger partial charge in [0.25, 0.3) is 0 Å². The van der Waals surface area contributed by atoms with Gasteiger partial charge in [-0.3, -0.25) is 9.59 Å². The lowest BCUT2D eigenvalue weighted by molar-refractivity contribution is -0.192. The molecule has 232 valence electrons. The largest absolute Gasteiger partial charge is 0.469 e. The summed E-state index contributed by atoms with van der Waals surface area (Å²) >= 11 is 0. The van der Waals surface area contributed by atoms with Crippen molar-refractivity contribution in [3.63, 3.8) is 0 Å². The molecule has 1 aliphatic carbocycles. The lowest BCUT2D eigenvalue weighted by atomic mass is 9.87. The lowest BCUT2D eigenvalue weighted by Crippen LogP contribution is -2.45. The molecule has 0 radical (unpaired) electrons. The standard InChI is InChI=1S/C33H60O6Si/c1-7-11-23-33(5,39-40(8-2,9-3)10-4)24-18-20-28-27(19-14-12-13-15-21-31(35)36-6)29(34)26-30(28)38-32-22-16-17-25-37-32/h18,20,27-28,30,32H,7-17,19,21-26H2,1-6H3/t27-,28-,30+,32?,33-/m0/s1. The first kappa shape index (κ1) is 35.2. The van der Waals surface area contributed by atoms with Crippen LogP contribution in [0.1, 0.15) is 125 Å². The van der Waals surface area contributed by atoms with Crippen molar-refractivity contribution >= 4 is 20.1 Å². The smallest absolute Gasteiger partial charge is 0.305 e. The van der Waals surface area contributed by atoms with Gasteiger partial charge in [-0.2, -0.15) is 0 Å². The van der Waals surface area contributed by atoms with E-state index in [1.54, 1.807) is 0 Å². The molecule has 0 spiro atoms. The van der Waals surface area contributed by atoms with Crippen LogP contribution >= 0.6 is 0 Å². The molecular weight excluding hydrogens is 520 g/mol. The molecular formula is C33H60O6Si. The molecule has 2 rings (SSSR count). The minimum Gasteiger partial charge on any atom is -0.469 e. The van der Waals surface area contributed by atoms with Gasteiger partial charge in [0.2, 0.25) is 0 Å². The van der Waals surface area contributed by atoms with Gasteiger partial charge in [-0.05, 0) is 70.0 Å². The maximum atomic E-state index is 13.3. The third-order valence-corrected chi connectivity index (χ3v) is 14.2. The van der Waals surface area contributed by atoms with Crippen LogP contribution in [0.2, 0.25) is 18.1 Å². The molecule has 0 amide bonds. The molecule has 1 heterocycles. The predicted molar refractivity (Wildman–Crippen MR) is 165 cm³/mol. The van der Waals surface area contributed by atoms with E-state index in [1.165, 1.54) is 7.11 Å². The minimum absolute atomic E-state index is 0.0105. The van der Waals surface area contributed by atoms with Crippen LogP contribution in [0.4, 0.5) is 0 Å². The summed E-state index contributed by atoms with van der Waals surface area (Å²) in [5, 5.41) is 0. The Kier molecular flexibility index (Phi) is 16.3. The second-order valence-corrected chi connectivity index (χ2v) is 17.1. The van der Waals surface area contributed by atoms with Crippen molar-refractivity contribution < 1.29 is 28.2 Å². The fourth-order valence-corrected chi connectivity index (χ4v) is 9.69. The topological polar surface area (TPSA) is 71.1 Å². The van der Waals surface area contributed by atoms with Crippen LogP contribution < -0.4 is 0 Å². The Morgan fingerprint density at radius 1 is 1.05 bits per heavy atom. The van der Waals surface area contributed by atoms with Gasteiger partial charge in [0.1, 0.15) is 5.78 Å². The van der Waals surface area contributed by atoms with Crippen molar-refractivity contribution in [2.75, 3.05) is 13.7 Å². The second kappa shape index (κ2) is 18.5. The van der Waals surface area contributed by atoms with Gasteiger partial charge in [0, 0.05) is 31.3 Å². The zero-order chi connectivity index (χ0) is 29.4. The normalized spacial score (nSPS) is 25.4. The average Bonchev–Trinajstić information content (AvgIpc) is 3.26. The summed E-state index contributed by atoms with van der Waals surface area (Å²) in [6, 6.07) is 3.46. The van der Waals surface area contributed by atoms with Crippen LogP contribution in [0.3, 0.4) is 0 Å². The van der Waals surface area contributed by atoms with E-state index in [-0.39, 0.29) is 35.8 Å². The maximum absolute atomic E-state index is 13.3. The highest BCUT2D eigenvalue weighted by Gasteiger charge is 2.43. The maximum Gasteiger partial charge on any atom is 0.305 e. The van der Waals surface area contributed by atoms with Gasteiger partial charge in [-0.15, -0.1) is 0 Å². The summed E-state index contributed by atoms with van der Waals surface area (Å²) < 4.78 is 24.2. The molecule has 2 fully saturated rings. The lowest BCUT2D eigenvalue weighted by Gasteiger charge is -2.40. The summed E-state index contributed by atoms with van der Waals surface area (Å²) in [6.45, 7) is 12.2. The minimum atomic E-state index is -1.75. The van der Waals surface area contributed by atoms with Crippen molar-refractivity contribution in [1.82, 2.24) is 0 Å².